The van der Waals surface area contributed by atoms with Gasteiger partial charge in [0.25, 0.3) is 0 Å². The molecule has 1 rings (SSSR count). The molecule has 0 aliphatic carbocycles. The lowest BCUT2D eigenvalue weighted by Crippen LogP contribution is -2.21. The molecule has 0 unspecified atom stereocenters. The molecule has 6 heteroatoms. The van der Waals surface area contributed by atoms with Crippen molar-refractivity contribution in [1.29, 1.82) is 0 Å². The Hall–Kier alpha value is -1.72. The minimum atomic E-state index is -1.18. The summed E-state index contributed by atoms with van der Waals surface area (Å²) in [6.45, 7) is 2.42. The number of H-pyrrole nitrogens is 1. The molecule has 0 fully saturated rings. The van der Waals surface area contributed by atoms with Gasteiger partial charge in [0, 0.05) is 6.54 Å². The smallest absolute Gasteiger partial charge is 0.356 e. The van der Waals surface area contributed by atoms with Crippen LogP contribution >= 0.6 is 0 Å². The number of imidazole rings is 1. The van der Waals surface area contributed by atoms with Crippen LogP contribution in [0.1, 0.15) is 36.7 Å². The monoisotopic (exact) mass is 213 g/mol. The third-order valence-corrected chi connectivity index (χ3v) is 2.20. The van der Waals surface area contributed by atoms with Crippen LogP contribution in [0.3, 0.4) is 0 Å². The normalized spacial score (nSPS) is 10.5. The lowest BCUT2D eigenvalue weighted by atomic mass is 10.2. The number of rotatable bonds is 5. The predicted molar refractivity (Wildman–Crippen MR) is 55.9 cm³/mol. The standard InChI is InChI=1S/C9H15N3O3/c1-2-3-4-5-12-6(8(13)14)7(10)11-9(12)15/h2-5,10H2,1H3,(H,11,15)(H,13,14). The minimum absolute atomic E-state index is 0.0796. The SMILES string of the molecule is CCCCCn1c(C(=O)O)c(N)[nH]c1=O. The molecule has 0 aliphatic rings. The fraction of sp³-hybridized carbons (Fsp3) is 0.556. The van der Waals surface area contributed by atoms with Crippen molar-refractivity contribution in [3.63, 3.8) is 0 Å². The molecule has 1 aromatic heterocycles. The first-order valence-electron chi connectivity index (χ1n) is 4.89. The van der Waals surface area contributed by atoms with Gasteiger partial charge in [0.05, 0.1) is 0 Å². The van der Waals surface area contributed by atoms with Gasteiger partial charge in [-0.1, -0.05) is 19.8 Å². The van der Waals surface area contributed by atoms with Crippen molar-refractivity contribution in [2.45, 2.75) is 32.7 Å². The average Bonchev–Trinajstić information content (AvgIpc) is 2.42. The number of carboxylic acid groups (broad SMARTS) is 1. The minimum Gasteiger partial charge on any atom is -0.476 e. The zero-order chi connectivity index (χ0) is 11.4. The van der Waals surface area contributed by atoms with Crippen LogP contribution in [0.4, 0.5) is 5.82 Å². The summed E-state index contributed by atoms with van der Waals surface area (Å²) in [5.41, 5.74) is 4.79. The van der Waals surface area contributed by atoms with E-state index >= 15 is 0 Å². The van der Waals surface area contributed by atoms with E-state index in [2.05, 4.69) is 4.98 Å². The first kappa shape index (κ1) is 11.4. The highest BCUT2D eigenvalue weighted by atomic mass is 16.4. The van der Waals surface area contributed by atoms with Crippen molar-refractivity contribution < 1.29 is 9.90 Å². The quantitative estimate of drug-likeness (QED) is 0.625. The molecular weight excluding hydrogens is 198 g/mol. The number of nitrogen functional groups attached to an aromatic ring is 1. The van der Waals surface area contributed by atoms with E-state index in [1.165, 1.54) is 4.57 Å². The number of nitrogens with one attached hydrogen (secondary N) is 1. The number of hydrogen-bond donors (Lipinski definition) is 3. The van der Waals surface area contributed by atoms with Crippen molar-refractivity contribution in [2.75, 3.05) is 5.73 Å². The second-order valence-electron chi connectivity index (χ2n) is 3.36. The summed E-state index contributed by atoms with van der Waals surface area (Å²) in [5, 5.41) is 8.86. The molecule has 0 bridgehead atoms. The summed E-state index contributed by atoms with van der Waals surface area (Å²) >= 11 is 0. The summed E-state index contributed by atoms with van der Waals surface area (Å²) in [6, 6.07) is 0. The van der Waals surface area contributed by atoms with Gasteiger partial charge < -0.3 is 10.8 Å². The number of aromatic nitrogens is 2. The molecule has 0 aromatic carbocycles. The van der Waals surface area contributed by atoms with Crippen molar-refractivity contribution >= 4 is 11.8 Å². The van der Waals surface area contributed by atoms with Gasteiger partial charge in [0.1, 0.15) is 5.82 Å². The molecule has 1 heterocycles. The number of nitrogens with zero attached hydrogens (tertiary/aromatic N) is 1. The summed E-state index contributed by atoms with van der Waals surface area (Å²) in [6.07, 6.45) is 2.74. The zero-order valence-corrected chi connectivity index (χ0v) is 8.62. The highest BCUT2D eigenvalue weighted by molar-refractivity contribution is 5.90. The summed E-state index contributed by atoms with van der Waals surface area (Å²) in [4.78, 5) is 24.4. The Bertz CT molecular complexity index is 405. The molecule has 4 N–H and O–H groups in total. The molecule has 0 atom stereocenters. The van der Waals surface area contributed by atoms with E-state index in [1.54, 1.807) is 0 Å². The van der Waals surface area contributed by atoms with Gasteiger partial charge in [-0.3, -0.25) is 9.55 Å². The van der Waals surface area contributed by atoms with E-state index in [0.29, 0.717) is 6.54 Å². The van der Waals surface area contributed by atoms with Crippen molar-refractivity contribution in [2.24, 2.45) is 0 Å². The predicted octanol–water partition coefficient (Wildman–Crippen LogP) is 0.647. The second-order valence-corrected chi connectivity index (χ2v) is 3.36. The topological polar surface area (TPSA) is 101 Å². The highest BCUT2D eigenvalue weighted by Gasteiger charge is 2.17. The van der Waals surface area contributed by atoms with Gasteiger partial charge in [-0.05, 0) is 6.42 Å². The maximum absolute atomic E-state index is 11.3. The Kier molecular flexibility index (Phi) is 3.54. The van der Waals surface area contributed by atoms with Crippen LogP contribution in [0.2, 0.25) is 0 Å². The summed E-state index contributed by atoms with van der Waals surface area (Å²) < 4.78 is 1.17. The number of nitrogens with two attached hydrogens (primary N) is 1. The van der Waals surface area contributed by atoms with Gasteiger partial charge in [0.15, 0.2) is 5.69 Å². The van der Waals surface area contributed by atoms with Crippen LogP contribution in [0.15, 0.2) is 4.79 Å². The van der Waals surface area contributed by atoms with Crippen LogP contribution in [0.25, 0.3) is 0 Å². The largest absolute Gasteiger partial charge is 0.476 e. The van der Waals surface area contributed by atoms with E-state index in [0.717, 1.165) is 19.3 Å². The van der Waals surface area contributed by atoms with Crippen LogP contribution in [-0.4, -0.2) is 20.6 Å². The van der Waals surface area contributed by atoms with Crippen LogP contribution in [0, 0.1) is 0 Å². The van der Waals surface area contributed by atoms with E-state index in [4.69, 9.17) is 10.8 Å². The van der Waals surface area contributed by atoms with Crippen LogP contribution < -0.4 is 11.4 Å². The summed E-state index contributed by atoms with van der Waals surface area (Å²) in [7, 11) is 0. The molecule has 1 aromatic rings. The third kappa shape index (κ3) is 2.39. The van der Waals surface area contributed by atoms with Gasteiger partial charge in [-0.15, -0.1) is 0 Å². The molecule has 84 valence electrons. The number of unbranched alkanes of at least 4 members (excludes halogenated alkanes) is 2. The molecular formula is C9H15N3O3. The van der Waals surface area contributed by atoms with Gasteiger partial charge in [-0.25, -0.2) is 9.59 Å². The fourth-order valence-electron chi connectivity index (χ4n) is 1.45. The van der Waals surface area contributed by atoms with Gasteiger partial charge >= 0.3 is 11.7 Å². The molecule has 0 amide bonds. The highest BCUT2D eigenvalue weighted by Crippen LogP contribution is 2.07. The fourth-order valence-corrected chi connectivity index (χ4v) is 1.45. The average molecular weight is 213 g/mol. The molecule has 0 radical (unpaired) electrons. The maximum atomic E-state index is 11.3. The molecule has 0 aliphatic heterocycles. The molecule has 0 spiro atoms. The Morgan fingerprint density at radius 2 is 2.20 bits per heavy atom. The van der Waals surface area contributed by atoms with Gasteiger partial charge in [0.2, 0.25) is 0 Å². The number of carbonyl (C=O) groups is 1. The van der Waals surface area contributed by atoms with Crippen LogP contribution in [-0.2, 0) is 6.54 Å². The van der Waals surface area contributed by atoms with Crippen LogP contribution in [0.5, 0.6) is 0 Å². The lowest BCUT2D eigenvalue weighted by molar-refractivity contribution is 0.0685. The Balaban J connectivity index is 2.94. The van der Waals surface area contributed by atoms with Crippen molar-refractivity contribution in [3.8, 4) is 0 Å². The third-order valence-electron chi connectivity index (χ3n) is 2.20. The maximum Gasteiger partial charge on any atom is 0.356 e. The number of aromatic carboxylic acids is 1. The Labute approximate surface area is 86.7 Å². The number of aromatic amines is 1. The summed E-state index contributed by atoms with van der Waals surface area (Å²) in [5.74, 6) is -1.26. The first-order chi connectivity index (χ1) is 7.07. The van der Waals surface area contributed by atoms with E-state index in [1.807, 2.05) is 6.92 Å². The van der Waals surface area contributed by atoms with E-state index in [9.17, 15) is 9.59 Å². The number of hydrogen-bond acceptors (Lipinski definition) is 3. The number of carboxylic acids is 1. The number of anilines is 1. The zero-order valence-electron chi connectivity index (χ0n) is 8.62. The first-order valence-corrected chi connectivity index (χ1v) is 4.89. The van der Waals surface area contributed by atoms with E-state index in [-0.39, 0.29) is 11.5 Å². The molecule has 0 saturated heterocycles. The lowest BCUT2D eigenvalue weighted by Gasteiger charge is -2.03. The second kappa shape index (κ2) is 4.68. The Morgan fingerprint density at radius 3 is 2.73 bits per heavy atom. The molecule has 15 heavy (non-hydrogen) atoms. The van der Waals surface area contributed by atoms with Crippen molar-refractivity contribution in [3.05, 3.63) is 16.2 Å². The molecule has 6 nitrogen and oxygen atoms in total. The Morgan fingerprint density at radius 1 is 1.53 bits per heavy atom. The van der Waals surface area contributed by atoms with Crippen molar-refractivity contribution in [1.82, 2.24) is 9.55 Å². The molecule has 0 saturated carbocycles. The van der Waals surface area contributed by atoms with E-state index < -0.39 is 11.7 Å². The van der Waals surface area contributed by atoms with Gasteiger partial charge in [-0.2, -0.15) is 0 Å².